The van der Waals surface area contributed by atoms with Gasteiger partial charge in [-0.05, 0) is 88.6 Å². The van der Waals surface area contributed by atoms with Gasteiger partial charge < -0.3 is 15.4 Å². The zero-order valence-electron chi connectivity index (χ0n) is 32.5. The van der Waals surface area contributed by atoms with Crippen molar-refractivity contribution >= 4 is 60.7 Å². The molecule has 1 aliphatic carbocycles. The summed E-state index contributed by atoms with van der Waals surface area (Å²) in [7, 11) is 1.62. The molecule has 55 heavy (non-hydrogen) atoms. The smallest absolute Gasteiger partial charge is 0.262 e. The molecule has 5 aromatic rings. The number of fused-ring (bicyclic) bond motifs is 5. The summed E-state index contributed by atoms with van der Waals surface area (Å²) >= 11 is 1.81. The van der Waals surface area contributed by atoms with Crippen LogP contribution in [0.3, 0.4) is 0 Å². The average molecular weight is 753 g/mol. The van der Waals surface area contributed by atoms with E-state index in [1.165, 1.54) is 25.7 Å². The van der Waals surface area contributed by atoms with Crippen molar-refractivity contribution in [2.45, 2.75) is 59.8 Å². The molecule has 0 radical (unpaired) electrons. The number of hydrogen-bond acceptors (Lipinski definition) is 6. The Morgan fingerprint density at radius 3 is 2.31 bits per heavy atom. The molecule has 9 heteroatoms. The molecule has 2 heterocycles. The summed E-state index contributed by atoms with van der Waals surface area (Å²) in [5.74, 6) is 0.525. The Morgan fingerprint density at radius 1 is 0.818 bits per heavy atom. The Labute approximate surface area is 326 Å². The molecule has 0 unspecified atom stereocenters. The maximum Gasteiger partial charge on any atom is 0.262 e. The van der Waals surface area contributed by atoms with E-state index in [1.807, 2.05) is 67.6 Å². The predicted octanol–water partition coefficient (Wildman–Crippen LogP) is 8.97. The van der Waals surface area contributed by atoms with E-state index in [0.717, 1.165) is 89.9 Å². The molecule has 0 atom stereocenters. The van der Waals surface area contributed by atoms with Crippen LogP contribution in [0.4, 0.5) is 5.69 Å². The van der Waals surface area contributed by atoms with Crippen LogP contribution in [-0.2, 0) is 11.2 Å². The van der Waals surface area contributed by atoms with Crippen LogP contribution in [0.25, 0.3) is 42.5 Å². The van der Waals surface area contributed by atoms with Crippen LogP contribution in [0.5, 0.6) is 5.75 Å². The summed E-state index contributed by atoms with van der Waals surface area (Å²) in [4.78, 5) is 33.2. The second-order valence-electron chi connectivity index (χ2n) is 14.2. The van der Waals surface area contributed by atoms with Crippen molar-refractivity contribution in [3.8, 4) is 16.3 Å². The molecule has 0 fully saturated rings. The Hall–Kier alpha value is -5.54. The monoisotopic (exact) mass is 752 g/mol. The molecular weight excluding hydrogens is 703 g/mol. The Kier molecular flexibility index (Phi) is 11.6. The van der Waals surface area contributed by atoms with Gasteiger partial charge in [0.15, 0.2) is 0 Å². The maximum absolute atomic E-state index is 13.7. The van der Waals surface area contributed by atoms with Gasteiger partial charge in [0, 0.05) is 58.3 Å². The van der Waals surface area contributed by atoms with Gasteiger partial charge in [-0.1, -0.05) is 54.8 Å². The number of nitrogens with zero attached hydrogens (tertiary/aromatic N) is 3. The summed E-state index contributed by atoms with van der Waals surface area (Å²) in [6.07, 6.45) is 4.21. The normalized spacial score (nSPS) is 11.4. The summed E-state index contributed by atoms with van der Waals surface area (Å²) in [5, 5.41) is 11.3. The minimum atomic E-state index is -0.113. The molecule has 0 saturated heterocycles. The average Bonchev–Trinajstić information content (AvgIpc) is 3.47. The standard InChI is InChI=1S/C46H49N5O3S/c1-6-50(7-2)33-20-22-39-42(26-33)55-43-29-40(35-14-10-11-15-36(35)45(43)49-39)47-24-12-8-9-13-25-48-44(52)28-37-31(4)51(41-23-21-34(54-5)27-38(37)41)46(53)32-18-16-30(3)17-19-32/h10-11,14-23,26-27,29H,6-9,12-13,24-25,28H2,1-5H3,(H,48,52)/p+1. The van der Waals surface area contributed by atoms with Crippen molar-refractivity contribution in [2.24, 2.45) is 0 Å². The topological polar surface area (TPSA) is 88.3 Å². The Morgan fingerprint density at radius 2 is 1.56 bits per heavy atom. The second-order valence-corrected chi connectivity index (χ2v) is 15.3. The molecule has 2 N–H and O–H groups in total. The minimum Gasteiger partial charge on any atom is -0.497 e. The number of anilines is 1. The van der Waals surface area contributed by atoms with Crippen LogP contribution in [0, 0.1) is 13.8 Å². The van der Waals surface area contributed by atoms with E-state index in [-0.39, 0.29) is 18.2 Å². The number of carbonyl (C=O) groups excluding carboxylic acids is 2. The number of hydrogen-bond donors (Lipinski definition) is 2. The molecule has 7 rings (SSSR count). The quantitative estimate of drug-likeness (QED) is 0.0502. The van der Waals surface area contributed by atoms with Gasteiger partial charge in [-0.15, -0.1) is 11.3 Å². The van der Waals surface area contributed by atoms with E-state index in [4.69, 9.17) is 9.72 Å². The fraction of sp³-hybridized carbons (Fsp3) is 0.304. The molecule has 1 amide bonds. The highest BCUT2D eigenvalue weighted by atomic mass is 32.1. The SMILES string of the molecule is CC[N+](CC)=c1ccc2nc3c(cc(NCCCCCCNC(=O)Cc4c(C)n(C(=O)c5ccc(C)cc5)c5ccc(OC)cc45)c4ccccc43)sc-2c1. The van der Waals surface area contributed by atoms with E-state index in [2.05, 4.69) is 77.6 Å². The van der Waals surface area contributed by atoms with E-state index in [1.54, 1.807) is 11.7 Å². The molecule has 0 spiro atoms. The predicted molar refractivity (Wildman–Crippen MR) is 228 cm³/mol. The lowest BCUT2D eigenvalue weighted by Crippen LogP contribution is -2.29. The van der Waals surface area contributed by atoms with Crippen molar-refractivity contribution in [3.63, 3.8) is 0 Å². The van der Waals surface area contributed by atoms with Crippen LogP contribution in [0.1, 0.15) is 66.7 Å². The van der Waals surface area contributed by atoms with Gasteiger partial charge in [-0.3, -0.25) is 14.2 Å². The first-order chi connectivity index (χ1) is 26.8. The van der Waals surface area contributed by atoms with Gasteiger partial charge >= 0.3 is 0 Å². The molecule has 0 saturated carbocycles. The zero-order valence-corrected chi connectivity index (χ0v) is 33.3. The van der Waals surface area contributed by atoms with Crippen molar-refractivity contribution < 1.29 is 14.3 Å². The molecule has 1 aromatic heterocycles. The van der Waals surface area contributed by atoms with Gasteiger partial charge in [0.05, 0.1) is 39.8 Å². The zero-order chi connectivity index (χ0) is 38.5. The number of aromatic nitrogens is 2. The number of unbranched alkanes of at least 4 members (excludes halogenated alkanes) is 3. The fourth-order valence-electron chi connectivity index (χ4n) is 7.55. The number of benzene rings is 5. The largest absolute Gasteiger partial charge is 0.497 e. The van der Waals surface area contributed by atoms with Gasteiger partial charge in [0.2, 0.25) is 11.3 Å². The number of aryl methyl sites for hydroxylation is 1. The highest BCUT2D eigenvalue weighted by Gasteiger charge is 2.22. The summed E-state index contributed by atoms with van der Waals surface area (Å²) in [6, 6.07) is 30.7. The van der Waals surface area contributed by atoms with Gasteiger partial charge in [-0.25, -0.2) is 9.56 Å². The molecule has 4 aromatic carbocycles. The summed E-state index contributed by atoms with van der Waals surface area (Å²) < 4.78 is 10.8. The van der Waals surface area contributed by atoms with Crippen LogP contribution < -0.4 is 25.3 Å². The van der Waals surface area contributed by atoms with Crippen LogP contribution >= 0.6 is 11.3 Å². The van der Waals surface area contributed by atoms with Crippen molar-refractivity contribution in [3.05, 3.63) is 119 Å². The first-order valence-corrected chi connectivity index (χ1v) is 20.3. The molecule has 0 bridgehead atoms. The highest BCUT2D eigenvalue weighted by molar-refractivity contribution is 7.21. The lowest BCUT2D eigenvalue weighted by atomic mass is 10.1. The van der Waals surface area contributed by atoms with Crippen LogP contribution in [0.2, 0.25) is 0 Å². The van der Waals surface area contributed by atoms with E-state index < -0.39 is 0 Å². The Balaban J connectivity index is 0.951. The van der Waals surface area contributed by atoms with Crippen molar-refractivity contribution in [2.75, 3.05) is 38.6 Å². The second kappa shape index (κ2) is 16.9. The number of ether oxygens (including phenoxy) is 1. The number of nitrogens with one attached hydrogen (secondary N) is 2. The van der Waals surface area contributed by atoms with E-state index in [9.17, 15) is 9.59 Å². The van der Waals surface area contributed by atoms with Gasteiger partial charge in [0.25, 0.3) is 5.91 Å². The lowest BCUT2D eigenvalue weighted by molar-refractivity contribution is -0.120. The first-order valence-electron chi connectivity index (χ1n) is 19.4. The van der Waals surface area contributed by atoms with Crippen LogP contribution in [-0.4, -0.2) is 54.7 Å². The molecule has 2 aliphatic rings. The van der Waals surface area contributed by atoms with Gasteiger partial charge in [0.1, 0.15) is 18.8 Å². The molecule has 282 valence electrons. The first kappa shape index (κ1) is 37.8. The third-order valence-corrected chi connectivity index (χ3v) is 11.7. The third-order valence-electron chi connectivity index (χ3n) is 10.6. The molecular formula is C46H50N5O3S+. The van der Waals surface area contributed by atoms with E-state index in [0.29, 0.717) is 17.9 Å². The summed E-state index contributed by atoms with van der Waals surface area (Å²) in [5.41, 5.74) is 7.30. The minimum absolute atomic E-state index is 0.0507. The van der Waals surface area contributed by atoms with Crippen molar-refractivity contribution in [1.82, 2.24) is 19.4 Å². The maximum atomic E-state index is 13.7. The van der Waals surface area contributed by atoms with Crippen molar-refractivity contribution in [1.29, 1.82) is 0 Å². The van der Waals surface area contributed by atoms with E-state index >= 15 is 0 Å². The third kappa shape index (κ3) is 7.98. The highest BCUT2D eigenvalue weighted by Crippen LogP contribution is 2.37. The fourth-order valence-corrected chi connectivity index (χ4v) is 8.62. The summed E-state index contributed by atoms with van der Waals surface area (Å²) in [6.45, 7) is 11.7. The Bertz CT molecular complexity index is 2540. The number of rotatable bonds is 14. The number of amides is 1. The lowest BCUT2D eigenvalue weighted by Gasteiger charge is -2.14. The number of methoxy groups -OCH3 is 1. The van der Waals surface area contributed by atoms with Gasteiger partial charge in [-0.2, -0.15) is 0 Å². The molecule has 8 nitrogen and oxygen atoms in total. The number of carbonyl (C=O) groups is 2. The van der Waals surface area contributed by atoms with Crippen LogP contribution in [0.15, 0.2) is 91.0 Å². The molecule has 1 aliphatic heterocycles.